The molecule has 5 nitrogen and oxygen atoms in total. The number of anilines is 1. The van der Waals surface area contributed by atoms with Gasteiger partial charge < -0.3 is 15.6 Å². The second kappa shape index (κ2) is 4.70. The zero-order valence-electron chi connectivity index (χ0n) is 9.11. The molecule has 2 rings (SSSR count). The van der Waals surface area contributed by atoms with Gasteiger partial charge >= 0.3 is 0 Å². The molecule has 16 heavy (non-hydrogen) atoms. The molecule has 1 aromatic heterocycles. The van der Waals surface area contributed by atoms with E-state index in [0.29, 0.717) is 15.5 Å². The van der Waals surface area contributed by atoms with E-state index in [2.05, 4.69) is 9.97 Å². The normalized spacial score (nSPS) is 23.9. The van der Waals surface area contributed by atoms with E-state index < -0.39 is 0 Å². The SMILES string of the molecule is CN(CC1CC(N)C1)c1nc[nH]c(=O)c1I. The molecule has 1 aliphatic rings. The Hall–Kier alpha value is -0.630. The lowest BCUT2D eigenvalue weighted by atomic mass is 9.81. The third-order valence-electron chi connectivity index (χ3n) is 2.94. The van der Waals surface area contributed by atoms with Crippen LogP contribution in [-0.2, 0) is 0 Å². The minimum Gasteiger partial charge on any atom is -0.358 e. The summed E-state index contributed by atoms with van der Waals surface area (Å²) in [6.07, 6.45) is 3.59. The summed E-state index contributed by atoms with van der Waals surface area (Å²) in [5.41, 5.74) is 5.67. The molecule has 1 fully saturated rings. The fourth-order valence-electron chi connectivity index (χ4n) is 2.05. The fourth-order valence-corrected chi connectivity index (χ4v) is 2.76. The van der Waals surface area contributed by atoms with Crippen LogP contribution in [0.3, 0.4) is 0 Å². The Bertz CT molecular complexity index is 427. The lowest BCUT2D eigenvalue weighted by molar-refractivity contribution is 0.270. The number of aromatic amines is 1. The van der Waals surface area contributed by atoms with E-state index >= 15 is 0 Å². The summed E-state index contributed by atoms with van der Waals surface area (Å²) >= 11 is 2.03. The van der Waals surface area contributed by atoms with Crippen LogP contribution in [0.4, 0.5) is 5.82 Å². The van der Waals surface area contributed by atoms with Gasteiger partial charge in [0.25, 0.3) is 5.56 Å². The van der Waals surface area contributed by atoms with Gasteiger partial charge in [-0.15, -0.1) is 0 Å². The summed E-state index contributed by atoms with van der Waals surface area (Å²) in [6, 6.07) is 0.365. The summed E-state index contributed by atoms with van der Waals surface area (Å²) in [5, 5.41) is 0. The van der Waals surface area contributed by atoms with E-state index in [1.165, 1.54) is 6.33 Å². The molecule has 1 aliphatic carbocycles. The summed E-state index contributed by atoms with van der Waals surface area (Å²) < 4.78 is 0.645. The van der Waals surface area contributed by atoms with Crippen LogP contribution >= 0.6 is 22.6 Å². The third-order valence-corrected chi connectivity index (χ3v) is 3.92. The monoisotopic (exact) mass is 334 g/mol. The van der Waals surface area contributed by atoms with Crippen molar-refractivity contribution in [3.63, 3.8) is 0 Å². The van der Waals surface area contributed by atoms with Gasteiger partial charge in [0.1, 0.15) is 9.39 Å². The van der Waals surface area contributed by atoms with Gasteiger partial charge in [-0.2, -0.15) is 0 Å². The molecule has 0 saturated heterocycles. The van der Waals surface area contributed by atoms with Crippen LogP contribution in [0.1, 0.15) is 12.8 Å². The average Bonchev–Trinajstić information content (AvgIpc) is 2.19. The molecule has 1 saturated carbocycles. The predicted octanol–water partition coefficient (Wildman–Crippen LogP) is 0.548. The van der Waals surface area contributed by atoms with Crippen molar-refractivity contribution in [3.8, 4) is 0 Å². The van der Waals surface area contributed by atoms with Gasteiger partial charge in [-0.05, 0) is 41.4 Å². The lowest BCUT2D eigenvalue weighted by Crippen LogP contribution is -2.42. The summed E-state index contributed by atoms with van der Waals surface area (Å²) in [6.45, 7) is 0.917. The minimum atomic E-state index is -0.0808. The van der Waals surface area contributed by atoms with Crippen LogP contribution in [0.5, 0.6) is 0 Å². The predicted molar refractivity (Wildman–Crippen MR) is 71.5 cm³/mol. The Morgan fingerprint density at radius 1 is 1.69 bits per heavy atom. The fraction of sp³-hybridized carbons (Fsp3) is 0.600. The maximum absolute atomic E-state index is 11.4. The average molecular weight is 334 g/mol. The van der Waals surface area contributed by atoms with Gasteiger partial charge in [0, 0.05) is 19.6 Å². The molecule has 0 radical (unpaired) electrons. The summed E-state index contributed by atoms with van der Waals surface area (Å²) in [5.74, 6) is 1.39. The summed E-state index contributed by atoms with van der Waals surface area (Å²) in [7, 11) is 1.97. The highest BCUT2D eigenvalue weighted by Gasteiger charge is 2.27. The Kier molecular flexibility index (Phi) is 3.48. The van der Waals surface area contributed by atoms with E-state index in [0.717, 1.165) is 25.2 Å². The molecular weight excluding hydrogens is 319 g/mol. The van der Waals surface area contributed by atoms with Crippen LogP contribution in [-0.4, -0.2) is 29.6 Å². The van der Waals surface area contributed by atoms with Crippen molar-refractivity contribution in [1.29, 1.82) is 0 Å². The first-order chi connectivity index (χ1) is 7.58. The third kappa shape index (κ3) is 2.37. The molecular formula is C10H15IN4O. The van der Waals surface area contributed by atoms with Crippen LogP contribution in [0.15, 0.2) is 11.1 Å². The van der Waals surface area contributed by atoms with E-state index in [1.54, 1.807) is 0 Å². The molecule has 1 heterocycles. The molecule has 0 spiro atoms. The Labute approximate surface area is 108 Å². The number of hydrogen-bond acceptors (Lipinski definition) is 4. The maximum atomic E-state index is 11.4. The number of halogens is 1. The second-order valence-electron chi connectivity index (χ2n) is 4.35. The first-order valence-corrected chi connectivity index (χ1v) is 6.35. The minimum absolute atomic E-state index is 0.0808. The summed E-state index contributed by atoms with van der Waals surface area (Å²) in [4.78, 5) is 20.2. The van der Waals surface area contributed by atoms with Gasteiger partial charge in [0.05, 0.1) is 6.33 Å². The number of nitrogens with two attached hydrogens (primary N) is 1. The number of aromatic nitrogens is 2. The molecule has 0 amide bonds. The first kappa shape index (κ1) is 11.8. The first-order valence-electron chi connectivity index (χ1n) is 5.28. The number of hydrogen-bond donors (Lipinski definition) is 2. The van der Waals surface area contributed by atoms with Crippen LogP contribution in [0, 0.1) is 9.49 Å². The number of H-pyrrole nitrogens is 1. The Morgan fingerprint density at radius 2 is 2.38 bits per heavy atom. The molecule has 0 atom stereocenters. The Morgan fingerprint density at radius 3 is 3.00 bits per heavy atom. The molecule has 88 valence electrons. The van der Waals surface area contributed by atoms with Gasteiger partial charge in [-0.3, -0.25) is 4.79 Å². The molecule has 0 unspecified atom stereocenters. The van der Waals surface area contributed by atoms with Crippen molar-refractivity contribution in [2.75, 3.05) is 18.5 Å². The number of rotatable bonds is 3. The maximum Gasteiger partial charge on any atom is 0.266 e. The van der Waals surface area contributed by atoms with E-state index in [1.807, 2.05) is 34.5 Å². The van der Waals surface area contributed by atoms with Crippen molar-refractivity contribution in [2.45, 2.75) is 18.9 Å². The van der Waals surface area contributed by atoms with E-state index in [9.17, 15) is 4.79 Å². The van der Waals surface area contributed by atoms with E-state index in [4.69, 9.17) is 5.73 Å². The zero-order valence-corrected chi connectivity index (χ0v) is 11.3. The molecule has 0 aliphatic heterocycles. The number of nitrogens with one attached hydrogen (secondary N) is 1. The molecule has 0 bridgehead atoms. The highest BCUT2D eigenvalue weighted by molar-refractivity contribution is 14.1. The second-order valence-corrected chi connectivity index (χ2v) is 5.43. The van der Waals surface area contributed by atoms with Crippen LogP contribution in [0.25, 0.3) is 0 Å². The highest BCUT2D eigenvalue weighted by Crippen LogP contribution is 2.27. The van der Waals surface area contributed by atoms with Crippen LogP contribution in [0.2, 0.25) is 0 Å². The molecule has 3 N–H and O–H groups in total. The smallest absolute Gasteiger partial charge is 0.266 e. The van der Waals surface area contributed by atoms with Gasteiger partial charge in [0.2, 0.25) is 0 Å². The molecule has 1 aromatic rings. The van der Waals surface area contributed by atoms with Gasteiger partial charge in [-0.25, -0.2) is 4.98 Å². The van der Waals surface area contributed by atoms with Crippen molar-refractivity contribution < 1.29 is 0 Å². The zero-order chi connectivity index (χ0) is 11.7. The topological polar surface area (TPSA) is 75.0 Å². The van der Waals surface area contributed by atoms with Gasteiger partial charge in [0.15, 0.2) is 0 Å². The highest BCUT2D eigenvalue weighted by atomic mass is 127. The largest absolute Gasteiger partial charge is 0.358 e. The molecule has 6 heteroatoms. The quantitative estimate of drug-likeness (QED) is 0.792. The standard InChI is InChI=1S/C10H15IN4O/c1-15(4-6-2-7(12)3-6)9-8(11)10(16)14-5-13-9/h5-7H,2-4,12H2,1H3,(H,13,14,16). The van der Waals surface area contributed by atoms with Crippen LogP contribution < -0.4 is 16.2 Å². The van der Waals surface area contributed by atoms with Gasteiger partial charge in [-0.1, -0.05) is 0 Å². The van der Waals surface area contributed by atoms with Crippen molar-refractivity contribution in [3.05, 3.63) is 20.3 Å². The van der Waals surface area contributed by atoms with Crippen molar-refractivity contribution in [2.24, 2.45) is 11.7 Å². The number of nitrogens with zero attached hydrogens (tertiary/aromatic N) is 2. The Balaban J connectivity index is 2.06. The molecule has 0 aromatic carbocycles. The van der Waals surface area contributed by atoms with Crippen molar-refractivity contribution in [1.82, 2.24) is 9.97 Å². The lowest BCUT2D eigenvalue weighted by Gasteiger charge is -2.35. The van der Waals surface area contributed by atoms with E-state index in [-0.39, 0.29) is 5.56 Å². The van der Waals surface area contributed by atoms with Crippen molar-refractivity contribution >= 4 is 28.4 Å².